The highest BCUT2D eigenvalue weighted by atomic mass is 19.1. The van der Waals surface area contributed by atoms with E-state index in [1.165, 1.54) is 17.0 Å². The summed E-state index contributed by atoms with van der Waals surface area (Å²) in [6.45, 7) is 2.51. The van der Waals surface area contributed by atoms with Gasteiger partial charge in [-0.1, -0.05) is 30.3 Å². The number of benzene rings is 2. The fourth-order valence-electron chi connectivity index (χ4n) is 3.98. The van der Waals surface area contributed by atoms with Crippen LogP contribution in [0.15, 0.2) is 54.6 Å². The maximum Gasteiger partial charge on any atom is 0.254 e. The smallest absolute Gasteiger partial charge is 0.254 e. The van der Waals surface area contributed by atoms with Gasteiger partial charge in [-0.3, -0.25) is 9.59 Å². The topological polar surface area (TPSA) is 53.1 Å². The van der Waals surface area contributed by atoms with Crippen LogP contribution in [0.4, 0.5) is 10.1 Å². The maximum atomic E-state index is 13.4. The number of nitrogens with zero attached hydrogens (tertiary/aromatic N) is 3. The van der Waals surface area contributed by atoms with Gasteiger partial charge in [-0.15, -0.1) is 0 Å². The number of anilines is 1. The van der Waals surface area contributed by atoms with E-state index in [4.69, 9.17) is 4.74 Å². The van der Waals surface area contributed by atoms with Gasteiger partial charge in [0.05, 0.1) is 6.04 Å². The van der Waals surface area contributed by atoms with Crippen LogP contribution in [-0.4, -0.2) is 67.6 Å². The molecule has 2 atom stereocenters. The van der Waals surface area contributed by atoms with Crippen molar-refractivity contribution in [2.24, 2.45) is 0 Å². The Bertz CT molecular complexity index is 867. The molecule has 29 heavy (non-hydrogen) atoms. The third kappa shape index (κ3) is 3.96. The minimum absolute atomic E-state index is 0.130. The van der Waals surface area contributed by atoms with Crippen LogP contribution in [0.5, 0.6) is 0 Å². The number of rotatable bonds is 3. The lowest BCUT2D eigenvalue weighted by atomic mass is 9.97. The molecule has 2 amide bonds. The monoisotopic (exact) mass is 397 g/mol. The first-order chi connectivity index (χ1) is 14.0. The van der Waals surface area contributed by atoms with Crippen molar-refractivity contribution in [3.8, 4) is 0 Å². The van der Waals surface area contributed by atoms with E-state index in [-0.39, 0.29) is 24.2 Å². The first kappa shape index (κ1) is 19.4. The number of carbonyl (C=O) groups is 2. The van der Waals surface area contributed by atoms with Crippen LogP contribution in [0.2, 0.25) is 0 Å². The summed E-state index contributed by atoms with van der Waals surface area (Å²) in [5, 5.41) is 0. The quantitative estimate of drug-likeness (QED) is 0.796. The Morgan fingerprint density at radius 1 is 1.00 bits per heavy atom. The summed E-state index contributed by atoms with van der Waals surface area (Å²) in [6, 6.07) is 15.4. The van der Waals surface area contributed by atoms with E-state index >= 15 is 0 Å². The second kappa shape index (κ2) is 8.21. The summed E-state index contributed by atoms with van der Waals surface area (Å²) < 4.78 is 19.1. The van der Waals surface area contributed by atoms with Crippen LogP contribution in [0.1, 0.15) is 11.6 Å². The van der Waals surface area contributed by atoms with Crippen LogP contribution >= 0.6 is 0 Å². The Labute approximate surface area is 169 Å². The molecule has 0 radical (unpaired) electrons. The standard InChI is InChI=1S/C22H24FN3O3/c1-24-19(27)15-29-21(20(24)16-7-9-17(23)10-8-16)22(28)26-13-11-25(12-14-26)18-5-3-2-4-6-18/h2-10,20-21H,11-15H2,1H3. The van der Waals surface area contributed by atoms with Gasteiger partial charge in [-0.05, 0) is 29.8 Å². The molecule has 2 aliphatic heterocycles. The number of likely N-dealkylation sites (N-methyl/N-ethyl adjacent to an activating group) is 1. The summed E-state index contributed by atoms with van der Waals surface area (Å²) in [7, 11) is 1.66. The molecule has 0 spiro atoms. The third-order valence-corrected chi connectivity index (χ3v) is 5.65. The van der Waals surface area contributed by atoms with E-state index in [2.05, 4.69) is 17.0 Å². The molecule has 2 unspecified atom stereocenters. The zero-order valence-corrected chi connectivity index (χ0v) is 16.3. The lowest BCUT2D eigenvalue weighted by Crippen LogP contribution is -2.57. The largest absolute Gasteiger partial charge is 0.368 e. The molecule has 2 fully saturated rings. The van der Waals surface area contributed by atoms with Crippen molar-refractivity contribution >= 4 is 17.5 Å². The van der Waals surface area contributed by atoms with Gasteiger partial charge in [0.1, 0.15) is 12.4 Å². The minimum Gasteiger partial charge on any atom is -0.368 e. The number of morpholine rings is 1. The molecule has 2 aromatic rings. The lowest BCUT2D eigenvalue weighted by Gasteiger charge is -2.42. The second-order valence-corrected chi connectivity index (χ2v) is 7.38. The molecule has 2 aromatic carbocycles. The number of carbonyl (C=O) groups excluding carboxylic acids is 2. The van der Waals surface area contributed by atoms with Crippen LogP contribution in [-0.2, 0) is 14.3 Å². The van der Waals surface area contributed by atoms with Crippen molar-refractivity contribution in [3.05, 3.63) is 66.0 Å². The van der Waals surface area contributed by atoms with E-state index in [0.717, 1.165) is 18.8 Å². The normalized spacial score (nSPS) is 22.7. The Balaban J connectivity index is 1.49. The van der Waals surface area contributed by atoms with E-state index in [0.29, 0.717) is 18.7 Å². The number of halogens is 1. The fraction of sp³-hybridized carbons (Fsp3) is 0.364. The SMILES string of the molecule is CN1C(=O)COC(C(=O)N2CCN(c3ccccc3)CC2)C1c1ccc(F)cc1. The lowest BCUT2D eigenvalue weighted by molar-refractivity contribution is -0.167. The molecule has 152 valence electrons. The highest BCUT2D eigenvalue weighted by Crippen LogP contribution is 2.31. The Morgan fingerprint density at radius 2 is 1.66 bits per heavy atom. The zero-order valence-electron chi connectivity index (χ0n) is 16.3. The van der Waals surface area contributed by atoms with Gasteiger partial charge in [0.2, 0.25) is 5.91 Å². The third-order valence-electron chi connectivity index (χ3n) is 5.65. The van der Waals surface area contributed by atoms with Crippen LogP contribution < -0.4 is 4.90 Å². The summed E-state index contributed by atoms with van der Waals surface area (Å²) in [5.74, 6) is -0.692. The zero-order chi connectivity index (χ0) is 20.4. The molecule has 0 aliphatic carbocycles. The first-order valence-electron chi connectivity index (χ1n) is 9.76. The number of hydrogen-bond acceptors (Lipinski definition) is 4. The van der Waals surface area contributed by atoms with Crippen molar-refractivity contribution in [1.82, 2.24) is 9.80 Å². The van der Waals surface area contributed by atoms with Gasteiger partial charge >= 0.3 is 0 Å². The van der Waals surface area contributed by atoms with Crippen LogP contribution in [0.25, 0.3) is 0 Å². The van der Waals surface area contributed by atoms with Crippen molar-refractivity contribution in [3.63, 3.8) is 0 Å². The minimum atomic E-state index is -0.800. The van der Waals surface area contributed by atoms with Crippen LogP contribution in [0.3, 0.4) is 0 Å². The van der Waals surface area contributed by atoms with Gasteiger partial charge < -0.3 is 19.4 Å². The Morgan fingerprint density at radius 3 is 2.31 bits per heavy atom. The number of amides is 2. The molecule has 0 aromatic heterocycles. The number of para-hydroxylation sites is 1. The van der Waals surface area contributed by atoms with Crippen molar-refractivity contribution in [2.75, 3.05) is 44.7 Å². The average molecular weight is 397 g/mol. The molecule has 0 N–H and O–H groups in total. The van der Waals surface area contributed by atoms with E-state index in [9.17, 15) is 14.0 Å². The molecule has 6 nitrogen and oxygen atoms in total. The van der Waals surface area contributed by atoms with Gasteiger partial charge in [0.15, 0.2) is 6.10 Å². The number of hydrogen-bond donors (Lipinski definition) is 0. The fourth-order valence-corrected chi connectivity index (χ4v) is 3.98. The molecule has 2 aliphatic rings. The molecule has 4 rings (SSSR count). The van der Waals surface area contributed by atoms with Crippen LogP contribution in [0, 0.1) is 5.82 Å². The Hall–Kier alpha value is -2.93. The molecule has 0 bridgehead atoms. The van der Waals surface area contributed by atoms with Crippen molar-refractivity contribution in [1.29, 1.82) is 0 Å². The van der Waals surface area contributed by atoms with Crippen molar-refractivity contribution in [2.45, 2.75) is 12.1 Å². The van der Waals surface area contributed by atoms with Gasteiger partial charge in [0, 0.05) is 38.9 Å². The molecule has 7 heteroatoms. The summed E-state index contributed by atoms with van der Waals surface area (Å²) in [4.78, 5) is 31.0. The summed E-state index contributed by atoms with van der Waals surface area (Å²) in [6.07, 6.45) is -0.800. The molecular weight excluding hydrogens is 373 g/mol. The molecule has 2 saturated heterocycles. The summed E-state index contributed by atoms with van der Waals surface area (Å²) in [5.41, 5.74) is 1.83. The van der Waals surface area contributed by atoms with Crippen molar-refractivity contribution < 1.29 is 18.7 Å². The summed E-state index contributed by atoms with van der Waals surface area (Å²) >= 11 is 0. The molecule has 2 heterocycles. The molecule has 0 saturated carbocycles. The second-order valence-electron chi connectivity index (χ2n) is 7.38. The maximum absolute atomic E-state index is 13.4. The molecular formula is C22H24FN3O3. The predicted octanol–water partition coefficient (Wildman–Crippen LogP) is 2.07. The highest BCUT2D eigenvalue weighted by molar-refractivity contribution is 5.86. The van der Waals surface area contributed by atoms with Gasteiger partial charge in [0.25, 0.3) is 5.91 Å². The van der Waals surface area contributed by atoms with E-state index in [1.54, 1.807) is 24.1 Å². The number of piperazine rings is 1. The van der Waals surface area contributed by atoms with E-state index in [1.807, 2.05) is 18.2 Å². The highest BCUT2D eigenvalue weighted by Gasteiger charge is 2.42. The Kier molecular flexibility index (Phi) is 5.49. The van der Waals surface area contributed by atoms with E-state index < -0.39 is 12.1 Å². The number of ether oxygens (including phenoxy) is 1. The van der Waals surface area contributed by atoms with Gasteiger partial charge in [-0.25, -0.2) is 4.39 Å². The predicted molar refractivity (Wildman–Crippen MR) is 107 cm³/mol. The average Bonchev–Trinajstić information content (AvgIpc) is 2.76. The first-order valence-corrected chi connectivity index (χ1v) is 9.76. The van der Waals surface area contributed by atoms with Gasteiger partial charge in [-0.2, -0.15) is 0 Å².